The Morgan fingerprint density at radius 3 is 1.96 bits per heavy atom. The van der Waals surface area contributed by atoms with E-state index in [-0.39, 0.29) is 0 Å². The van der Waals surface area contributed by atoms with Crippen LogP contribution in [0.2, 0.25) is 0 Å². The Labute approximate surface area is 297 Å². The van der Waals surface area contributed by atoms with Gasteiger partial charge in [-0.1, -0.05) is 91.0 Å². The minimum Gasteiger partial charge on any atom is -0.456 e. The maximum atomic E-state index is 6.59. The Balaban J connectivity index is 1.11. The zero-order valence-electron chi connectivity index (χ0n) is 27.8. The number of para-hydroxylation sites is 3. The molecular formula is C47H28N2O3. The SMILES string of the molecule is c1ccc(-c2cccc3cc(N(c4ccc5c(c4)oc4cccc(-c6nc7ccccc7o6)c45)c4ccc5oc6ccccc6c5c4)ccc23)cc1. The van der Waals surface area contributed by atoms with E-state index in [0.29, 0.717) is 5.89 Å². The van der Waals surface area contributed by atoms with E-state index < -0.39 is 0 Å². The minimum absolute atomic E-state index is 0.576. The zero-order chi connectivity index (χ0) is 34.2. The van der Waals surface area contributed by atoms with Crippen molar-refractivity contribution < 1.29 is 13.3 Å². The lowest BCUT2D eigenvalue weighted by molar-refractivity contribution is 0.620. The molecule has 0 bridgehead atoms. The molecule has 8 aromatic carbocycles. The van der Waals surface area contributed by atoms with Gasteiger partial charge in [0.25, 0.3) is 0 Å². The van der Waals surface area contributed by atoms with E-state index in [2.05, 4.69) is 120 Å². The molecule has 0 radical (unpaired) electrons. The zero-order valence-corrected chi connectivity index (χ0v) is 27.8. The van der Waals surface area contributed by atoms with Crippen LogP contribution in [0.15, 0.2) is 183 Å². The second-order valence-corrected chi connectivity index (χ2v) is 13.1. The van der Waals surface area contributed by atoms with Gasteiger partial charge in [0.15, 0.2) is 5.58 Å². The van der Waals surface area contributed by atoms with Gasteiger partial charge in [-0.3, -0.25) is 0 Å². The fourth-order valence-electron chi connectivity index (χ4n) is 7.70. The normalized spacial score (nSPS) is 11.8. The fourth-order valence-corrected chi connectivity index (χ4v) is 7.70. The van der Waals surface area contributed by atoms with Gasteiger partial charge in [0.05, 0.1) is 0 Å². The van der Waals surface area contributed by atoms with Crippen molar-refractivity contribution >= 4 is 82.8 Å². The first kappa shape index (κ1) is 28.7. The van der Waals surface area contributed by atoms with E-state index in [1.807, 2.05) is 54.6 Å². The van der Waals surface area contributed by atoms with Crippen molar-refractivity contribution in [2.75, 3.05) is 4.90 Å². The van der Waals surface area contributed by atoms with Gasteiger partial charge in [0.1, 0.15) is 27.8 Å². The summed E-state index contributed by atoms with van der Waals surface area (Å²) in [6.45, 7) is 0. The van der Waals surface area contributed by atoms with E-state index in [0.717, 1.165) is 83.0 Å². The van der Waals surface area contributed by atoms with Crippen LogP contribution in [0.25, 0.3) is 88.3 Å². The van der Waals surface area contributed by atoms with Crippen molar-refractivity contribution in [3.63, 3.8) is 0 Å². The maximum Gasteiger partial charge on any atom is 0.228 e. The summed E-state index contributed by atoms with van der Waals surface area (Å²) in [5, 5.41) is 6.49. The van der Waals surface area contributed by atoms with Crippen molar-refractivity contribution in [1.82, 2.24) is 4.98 Å². The molecule has 0 aliphatic carbocycles. The summed E-state index contributed by atoms with van der Waals surface area (Å²) in [4.78, 5) is 7.11. The second-order valence-electron chi connectivity index (χ2n) is 13.1. The van der Waals surface area contributed by atoms with Crippen LogP contribution in [0.5, 0.6) is 0 Å². The predicted molar refractivity (Wildman–Crippen MR) is 212 cm³/mol. The van der Waals surface area contributed by atoms with Gasteiger partial charge >= 0.3 is 0 Å². The Kier molecular flexibility index (Phi) is 6.18. The number of oxazole rings is 1. The Hall–Kier alpha value is -7.11. The van der Waals surface area contributed by atoms with E-state index in [4.69, 9.17) is 18.2 Å². The standard InChI is InChI=1S/C47H28N2O3/c1-2-10-29(11-3-1)34-14-8-12-30-26-31(20-23-35(30)34)49(32-22-25-42-39(27-32)36-13-4-6-17-41(36)50-42)33-21-24-37-45(28-33)51-44-19-9-15-38(46(37)44)47-48-40-16-5-7-18-43(40)52-47/h1-28H. The number of hydrogen-bond acceptors (Lipinski definition) is 5. The lowest BCUT2D eigenvalue weighted by atomic mass is 9.97. The number of fused-ring (bicyclic) bond motifs is 8. The number of hydrogen-bond donors (Lipinski definition) is 0. The quantitative estimate of drug-likeness (QED) is 0.183. The number of nitrogens with zero attached hydrogens (tertiary/aromatic N) is 2. The van der Waals surface area contributed by atoms with Crippen molar-refractivity contribution in [3.05, 3.63) is 170 Å². The van der Waals surface area contributed by atoms with Crippen LogP contribution in [0, 0.1) is 0 Å². The van der Waals surface area contributed by atoms with E-state index >= 15 is 0 Å². The van der Waals surface area contributed by atoms with Gasteiger partial charge in [-0.2, -0.15) is 0 Å². The lowest BCUT2D eigenvalue weighted by Gasteiger charge is -2.26. The molecule has 0 amide bonds. The Morgan fingerprint density at radius 2 is 1.06 bits per heavy atom. The average Bonchev–Trinajstić information content (AvgIpc) is 3.91. The van der Waals surface area contributed by atoms with Crippen LogP contribution in [0.3, 0.4) is 0 Å². The molecule has 3 heterocycles. The molecule has 0 fully saturated rings. The number of benzene rings is 8. The molecule has 5 nitrogen and oxygen atoms in total. The topological polar surface area (TPSA) is 55.6 Å². The summed E-state index contributed by atoms with van der Waals surface area (Å²) in [7, 11) is 0. The van der Waals surface area contributed by atoms with Gasteiger partial charge in [-0.25, -0.2) is 4.98 Å². The Morgan fingerprint density at radius 1 is 0.385 bits per heavy atom. The van der Waals surface area contributed by atoms with Crippen molar-refractivity contribution in [3.8, 4) is 22.6 Å². The van der Waals surface area contributed by atoms with E-state index in [1.54, 1.807) is 0 Å². The third-order valence-corrected chi connectivity index (χ3v) is 10.1. The summed E-state index contributed by atoms with van der Waals surface area (Å²) in [6, 6.07) is 58.7. The highest BCUT2D eigenvalue weighted by atomic mass is 16.4. The van der Waals surface area contributed by atoms with Gasteiger partial charge in [-0.05, 0) is 94.7 Å². The van der Waals surface area contributed by atoms with Crippen LogP contribution in [0.4, 0.5) is 17.1 Å². The molecule has 0 atom stereocenters. The molecule has 0 N–H and O–H groups in total. The van der Waals surface area contributed by atoms with Crippen molar-refractivity contribution in [2.45, 2.75) is 0 Å². The minimum atomic E-state index is 0.576. The molecule has 0 saturated carbocycles. The molecule has 5 heteroatoms. The van der Waals surface area contributed by atoms with Crippen LogP contribution in [-0.4, -0.2) is 4.98 Å². The molecule has 3 aromatic heterocycles. The number of aromatic nitrogens is 1. The molecule has 244 valence electrons. The summed E-state index contributed by atoms with van der Waals surface area (Å²) >= 11 is 0. The molecule has 11 aromatic rings. The molecule has 11 rings (SSSR count). The van der Waals surface area contributed by atoms with Crippen molar-refractivity contribution in [1.29, 1.82) is 0 Å². The lowest BCUT2D eigenvalue weighted by Crippen LogP contribution is -2.09. The van der Waals surface area contributed by atoms with E-state index in [9.17, 15) is 0 Å². The fraction of sp³-hybridized carbons (Fsp3) is 0. The highest BCUT2D eigenvalue weighted by molar-refractivity contribution is 6.13. The number of furan rings is 2. The van der Waals surface area contributed by atoms with E-state index in [1.165, 1.54) is 16.5 Å². The van der Waals surface area contributed by atoms with Gasteiger partial charge in [-0.15, -0.1) is 0 Å². The third kappa shape index (κ3) is 4.46. The second kappa shape index (κ2) is 11.2. The predicted octanol–water partition coefficient (Wildman–Crippen LogP) is 13.6. The summed E-state index contributed by atoms with van der Waals surface area (Å²) < 4.78 is 19.0. The summed E-state index contributed by atoms with van der Waals surface area (Å²) in [5.74, 6) is 0.576. The molecule has 0 aliphatic heterocycles. The Bertz CT molecular complexity index is 3120. The monoisotopic (exact) mass is 668 g/mol. The van der Waals surface area contributed by atoms with Crippen LogP contribution in [-0.2, 0) is 0 Å². The third-order valence-electron chi connectivity index (χ3n) is 10.1. The maximum absolute atomic E-state index is 6.59. The summed E-state index contributed by atoms with van der Waals surface area (Å²) in [6.07, 6.45) is 0. The average molecular weight is 669 g/mol. The van der Waals surface area contributed by atoms with Crippen LogP contribution < -0.4 is 4.90 Å². The molecule has 0 unspecified atom stereocenters. The number of rotatable bonds is 5. The first-order valence-corrected chi connectivity index (χ1v) is 17.4. The van der Waals surface area contributed by atoms with Gasteiger partial charge < -0.3 is 18.2 Å². The largest absolute Gasteiger partial charge is 0.456 e. The summed E-state index contributed by atoms with van der Waals surface area (Å²) in [5.41, 5.74) is 11.2. The molecule has 52 heavy (non-hydrogen) atoms. The number of anilines is 3. The molecule has 0 spiro atoms. The van der Waals surface area contributed by atoms with Crippen molar-refractivity contribution in [2.24, 2.45) is 0 Å². The van der Waals surface area contributed by atoms with Crippen LogP contribution in [0.1, 0.15) is 0 Å². The van der Waals surface area contributed by atoms with Gasteiger partial charge in [0.2, 0.25) is 5.89 Å². The highest BCUT2D eigenvalue weighted by Crippen LogP contribution is 2.44. The molecule has 0 aliphatic rings. The van der Waals surface area contributed by atoms with Gasteiger partial charge in [0, 0.05) is 50.2 Å². The molecule has 0 saturated heterocycles. The first-order valence-electron chi connectivity index (χ1n) is 17.4. The smallest absolute Gasteiger partial charge is 0.228 e. The molecular weight excluding hydrogens is 641 g/mol. The first-order chi connectivity index (χ1) is 25.7. The highest BCUT2D eigenvalue weighted by Gasteiger charge is 2.21. The van der Waals surface area contributed by atoms with Crippen LogP contribution >= 0.6 is 0 Å².